The van der Waals surface area contributed by atoms with Crippen LogP contribution in [0.5, 0.6) is 0 Å². The molecule has 1 aromatic rings. The van der Waals surface area contributed by atoms with Crippen LogP contribution in [0.4, 0.5) is 4.39 Å². The van der Waals surface area contributed by atoms with Crippen LogP contribution in [0.2, 0.25) is 0 Å². The number of benzene rings is 1. The molecule has 0 fully saturated rings. The van der Waals surface area contributed by atoms with E-state index in [1.54, 1.807) is 12.1 Å². The van der Waals surface area contributed by atoms with Crippen LogP contribution in [-0.2, 0) is 0 Å². The largest absolute Gasteiger partial charge is 0.330 e. The molecule has 1 atom stereocenters. The van der Waals surface area contributed by atoms with Crippen molar-refractivity contribution in [3.63, 3.8) is 0 Å². The average molecular weight is 297 g/mol. The van der Waals surface area contributed by atoms with Crippen LogP contribution in [0.15, 0.2) is 30.3 Å². The Balaban J connectivity index is 2.51. The first kappa shape index (κ1) is 17.2. The Morgan fingerprint density at radius 1 is 1.30 bits per heavy atom. The molecule has 20 heavy (non-hydrogen) atoms. The van der Waals surface area contributed by atoms with Crippen molar-refractivity contribution in [2.45, 2.75) is 32.7 Å². The summed E-state index contributed by atoms with van der Waals surface area (Å²) >= 11 is 0.885. The molecule has 0 amide bonds. The van der Waals surface area contributed by atoms with E-state index in [0.29, 0.717) is 12.0 Å². The van der Waals surface area contributed by atoms with E-state index in [0.717, 1.165) is 42.7 Å². The molecule has 0 aliphatic carbocycles. The van der Waals surface area contributed by atoms with E-state index < -0.39 is 0 Å². The van der Waals surface area contributed by atoms with Gasteiger partial charge in [-0.25, -0.2) is 4.39 Å². The predicted molar refractivity (Wildman–Crippen MR) is 86.4 cm³/mol. The quantitative estimate of drug-likeness (QED) is 0.522. The zero-order valence-electron chi connectivity index (χ0n) is 12.2. The molecule has 1 unspecified atom stereocenters. The van der Waals surface area contributed by atoms with Gasteiger partial charge in [-0.2, -0.15) is 0 Å². The van der Waals surface area contributed by atoms with Gasteiger partial charge in [0.25, 0.3) is 0 Å². The van der Waals surface area contributed by atoms with Crippen molar-refractivity contribution < 1.29 is 8.94 Å². The van der Waals surface area contributed by atoms with Crippen molar-refractivity contribution in [1.29, 1.82) is 0 Å². The van der Waals surface area contributed by atoms with Crippen LogP contribution in [0.1, 0.15) is 32.3 Å². The summed E-state index contributed by atoms with van der Waals surface area (Å²) in [6, 6.07) is 6.82. The molecule has 0 bridgehead atoms. The first-order valence-electron chi connectivity index (χ1n) is 7.05. The first-order valence-corrected chi connectivity index (χ1v) is 7.99. The lowest BCUT2D eigenvalue weighted by Gasteiger charge is -2.17. The smallest absolute Gasteiger partial charge is 0.123 e. The van der Waals surface area contributed by atoms with Gasteiger partial charge in [-0.05, 0) is 55.0 Å². The molecule has 112 valence electrons. The molecule has 0 saturated heterocycles. The summed E-state index contributed by atoms with van der Waals surface area (Å²) in [5, 5.41) is 3.48. The molecule has 4 heteroatoms. The van der Waals surface area contributed by atoms with Crippen molar-refractivity contribution >= 4 is 18.1 Å². The Morgan fingerprint density at radius 3 is 2.60 bits per heavy atom. The fraction of sp³-hybridized carbons (Fsp3) is 0.500. The highest BCUT2D eigenvalue weighted by Gasteiger charge is 2.06. The third-order valence-electron chi connectivity index (χ3n) is 2.94. The van der Waals surface area contributed by atoms with Crippen LogP contribution in [0.3, 0.4) is 0 Å². The fourth-order valence-corrected chi connectivity index (χ4v) is 2.24. The van der Waals surface area contributed by atoms with Gasteiger partial charge < -0.3 is 9.87 Å². The summed E-state index contributed by atoms with van der Waals surface area (Å²) in [6.07, 6.45) is 6.17. The van der Waals surface area contributed by atoms with E-state index in [1.807, 2.05) is 6.08 Å². The van der Waals surface area contributed by atoms with E-state index in [-0.39, 0.29) is 5.82 Å². The summed E-state index contributed by atoms with van der Waals surface area (Å²) in [4.78, 5) is 0. The lowest BCUT2D eigenvalue weighted by molar-refractivity contribution is 0.473. The summed E-state index contributed by atoms with van der Waals surface area (Å²) < 4.78 is 21.5. The summed E-state index contributed by atoms with van der Waals surface area (Å²) in [6.45, 7) is 5.28. The molecule has 0 aromatic heterocycles. The molecule has 0 aliphatic heterocycles. The Bertz CT molecular complexity index is 392. The highest BCUT2D eigenvalue weighted by molar-refractivity contribution is 7.93. The van der Waals surface area contributed by atoms with E-state index in [4.69, 9.17) is 4.55 Å². The van der Waals surface area contributed by atoms with Crippen molar-refractivity contribution in [2.75, 3.05) is 12.3 Å². The summed E-state index contributed by atoms with van der Waals surface area (Å²) in [5.74, 6) is 1.15. The van der Waals surface area contributed by atoms with Gasteiger partial charge in [0.1, 0.15) is 5.82 Å². The Labute approximate surface area is 125 Å². The van der Waals surface area contributed by atoms with Gasteiger partial charge in [-0.15, -0.1) is 0 Å². The van der Waals surface area contributed by atoms with Crippen molar-refractivity contribution in [1.82, 2.24) is 5.32 Å². The molecule has 1 aromatic carbocycles. The number of hydrogen-bond acceptors (Lipinski definition) is 3. The lowest BCUT2D eigenvalue weighted by atomic mass is 10.0. The van der Waals surface area contributed by atoms with Crippen LogP contribution in [-0.4, -0.2) is 22.9 Å². The summed E-state index contributed by atoms with van der Waals surface area (Å²) in [5.41, 5.74) is 1.01. The van der Waals surface area contributed by atoms with Crippen LogP contribution in [0.25, 0.3) is 6.08 Å². The second-order valence-corrected chi connectivity index (χ2v) is 5.95. The first-order chi connectivity index (χ1) is 9.61. The zero-order chi connectivity index (χ0) is 14.8. The maximum absolute atomic E-state index is 12.8. The molecular weight excluding hydrogens is 273 g/mol. The topological polar surface area (TPSA) is 32.3 Å². The minimum absolute atomic E-state index is 0.208. The van der Waals surface area contributed by atoms with Gasteiger partial charge in [0, 0.05) is 11.8 Å². The molecule has 0 radical (unpaired) electrons. The second kappa shape index (κ2) is 9.97. The molecule has 2 N–H and O–H groups in total. The highest BCUT2D eigenvalue weighted by atomic mass is 32.2. The predicted octanol–water partition coefficient (Wildman–Crippen LogP) is 4.44. The molecule has 2 nitrogen and oxygen atoms in total. The van der Waals surface area contributed by atoms with Crippen LogP contribution < -0.4 is 5.32 Å². The molecule has 0 aliphatic rings. The SMILES string of the molecule is CC(C)CC(/C=C/c1ccc(F)cc1)NCCCSO. The van der Waals surface area contributed by atoms with E-state index in [1.165, 1.54) is 12.1 Å². The minimum atomic E-state index is -0.208. The van der Waals surface area contributed by atoms with Crippen molar-refractivity contribution in [3.05, 3.63) is 41.7 Å². The van der Waals surface area contributed by atoms with Gasteiger partial charge in [-0.3, -0.25) is 0 Å². The van der Waals surface area contributed by atoms with Gasteiger partial charge in [0.05, 0.1) is 0 Å². The standard InChI is InChI=1S/C16H24FNOS/c1-13(2)12-16(18-10-3-11-20-19)9-6-14-4-7-15(17)8-5-14/h4-9,13,16,18-19H,3,10-12H2,1-2H3/b9-6+. The maximum atomic E-state index is 12.8. The third kappa shape index (κ3) is 7.68. The molecule has 0 saturated carbocycles. The normalized spacial score (nSPS) is 13.2. The number of nitrogens with one attached hydrogen (secondary N) is 1. The minimum Gasteiger partial charge on any atom is -0.330 e. The fourth-order valence-electron chi connectivity index (χ4n) is 1.96. The van der Waals surface area contributed by atoms with E-state index in [9.17, 15) is 4.39 Å². The maximum Gasteiger partial charge on any atom is 0.123 e. The molecular formula is C16H24FNOS. The number of hydrogen-bond donors (Lipinski definition) is 2. The van der Waals surface area contributed by atoms with Crippen LogP contribution in [0, 0.1) is 11.7 Å². The number of rotatable bonds is 9. The second-order valence-electron chi connectivity index (χ2n) is 5.29. The monoisotopic (exact) mass is 297 g/mol. The molecule has 0 spiro atoms. The third-order valence-corrected chi connectivity index (χ3v) is 3.41. The van der Waals surface area contributed by atoms with Gasteiger partial charge >= 0.3 is 0 Å². The van der Waals surface area contributed by atoms with Gasteiger partial charge in [-0.1, -0.05) is 38.1 Å². The lowest BCUT2D eigenvalue weighted by Crippen LogP contribution is -2.29. The van der Waals surface area contributed by atoms with E-state index >= 15 is 0 Å². The van der Waals surface area contributed by atoms with Gasteiger partial charge in [0.2, 0.25) is 0 Å². The Morgan fingerprint density at radius 2 is 2.00 bits per heavy atom. The Hall–Kier alpha value is -0.840. The van der Waals surface area contributed by atoms with Crippen molar-refractivity contribution in [2.24, 2.45) is 5.92 Å². The Kier molecular flexibility index (Phi) is 8.58. The highest BCUT2D eigenvalue weighted by Crippen LogP contribution is 2.10. The zero-order valence-corrected chi connectivity index (χ0v) is 13.0. The van der Waals surface area contributed by atoms with Crippen LogP contribution >= 0.6 is 12.0 Å². The molecule has 0 heterocycles. The average Bonchev–Trinajstić information content (AvgIpc) is 2.42. The van der Waals surface area contributed by atoms with Gasteiger partial charge in [0.15, 0.2) is 0 Å². The summed E-state index contributed by atoms with van der Waals surface area (Å²) in [7, 11) is 0. The van der Waals surface area contributed by atoms with Crippen molar-refractivity contribution in [3.8, 4) is 0 Å². The molecule has 1 rings (SSSR count). The number of halogens is 1. The van der Waals surface area contributed by atoms with E-state index in [2.05, 4.69) is 25.2 Å².